The molecule has 1 amide bonds. The number of morpholine rings is 1. The van der Waals surface area contributed by atoms with E-state index in [1.165, 1.54) is 0 Å². The molecule has 2 aliphatic rings. The molecular formula is C23H24N4O3. The molecule has 2 fully saturated rings. The van der Waals surface area contributed by atoms with Gasteiger partial charge in [0.15, 0.2) is 5.65 Å². The van der Waals surface area contributed by atoms with Gasteiger partial charge in [-0.1, -0.05) is 25.0 Å². The minimum Gasteiger partial charge on any atom is -0.378 e. The van der Waals surface area contributed by atoms with Gasteiger partial charge in [0.05, 0.1) is 13.2 Å². The lowest BCUT2D eigenvalue weighted by molar-refractivity contribution is 0.0303. The lowest BCUT2D eigenvalue weighted by atomic mass is 10.1. The van der Waals surface area contributed by atoms with Crippen LogP contribution in [-0.4, -0.2) is 51.6 Å². The summed E-state index contributed by atoms with van der Waals surface area (Å²) in [6.07, 6.45) is 5.94. The number of carbonyl (C=O) groups excluding carboxylic acids is 1. The van der Waals surface area contributed by atoms with Crippen LogP contribution in [0.25, 0.3) is 22.4 Å². The van der Waals surface area contributed by atoms with Crippen molar-refractivity contribution in [2.24, 2.45) is 0 Å². The second-order valence-corrected chi connectivity index (χ2v) is 7.90. The molecule has 30 heavy (non-hydrogen) atoms. The third-order valence-corrected chi connectivity index (χ3v) is 6.04. The van der Waals surface area contributed by atoms with Gasteiger partial charge in [0.1, 0.15) is 11.2 Å². The number of benzene rings is 1. The van der Waals surface area contributed by atoms with Crippen molar-refractivity contribution < 1.29 is 9.53 Å². The van der Waals surface area contributed by atoms with Crippen molar-refractivity contribution in [2.75, 3.05) is 26.3 Å². The summed E-state index contributed by atoms with van der Waals surface area (Å²) < 4.78 is 7.15. The van der Waals surface area contributed by atoms with Crippen LogP contribution in [0.5, 0.6) is 0 Å². The van der Waals surface area contributed by atoms with Gasteiger partial charge in [-0.3, -0.25) is 14.2 Å². The molecule has 1 saturated heterocycles. The summed E-state index contributed by atoms with van der Waals surface area (Å²) >= 11 is 0. The number of carbonyl (C=O) groups is 1. The van der Waals surface area contributed by atoms with E-state index in [1.54, 1.807) is 23.2 Å². The zero-order chi connectivity index (χ0) is 20.5. The number of hydrogen-bond donors (Lipinski definition) is 0. The molecule has 0 atom stereocenters. The lowest BCUT2D eigenvalue weighted by Crippen LogP contribution is -2.40. The average molecular weight is 404 g/mol. The number of amides is 1. The Bertz CT molecular complexity index is 1130. The van der Waals surface area contributed by atoms with Crippen molar-refractivity contribution in [1.82, 2.24) is 19.4 Å². The molecule has 1 aliphatic heterocycles. The first-order valence-electron chi connectivity index (χ1n) is 10.6. The number of pyridine rings is 1. The number of aromatic nitrogens is 3. The average Bonchev–Trinajstić information content (AvgIpc) is 3.33. The minimum atomic E-state index is -0.111. The van der Waals surface area contributed by atoms with Crippen molar-refractivity contribution in [3.8, 4) is 11.3 Å². The van der Waals surface area contributed by atoms with Gasteiger partial charge in [-0.15, -0.1) is 0 Å². The van der Waals surface area contributed by atoms with Gasteiger partial charge in [-0.25, -0.2) is 9.97 Å². The maximum Gasteiger partial charge on any atom is 0.278 e. The van der Waals surface area contributed by atoms with E-state index < -0.39 is 0 Å². The van der Waals surface area contributed by atoms with Crippen molar-refractivity contribution in [3.63, 3.8) is 0 Å². The van der Waals surface area contributed by atoms with Gasteiger partial charge in [0.25, 0.3) is 11.5 Å². The number of hydrogen-bond acceptors (Lipinski definition) is 5. The maximum atomic E-state index is 13.4. The minimum absolute atomic E-state index is 0.0103. The van der Waals surface area contributed by atoms with Gasteiger partial charge >= 0.3 is 0 Å². The van der Waals surface area contributed by atoms with E-state index in [9.17, 15) is 9.59 Å². The second-order valence-electron chi connectivity index (χ2n) is 7.90. The fraction of sp³-hybridized carbons (Fsp3) is 0.391. The quantitative estimate of drug-likeness (QED) is 0.671. The Morgan fingerprint density at radius 1 is 1.03 bits per heavy atom. The highest BCUT2D eigenvalue weighted by molar-refractivity contribution is 5.94. The first kappa shape index (κ1) is 18.9. The zero-order valence-corrected chi connectivity index (χ0v) is 16.8. The van der Waals surface area contributed by atoms with E-state index in [4.69, 9.17) is 4.74 Å². The van der Waals surface area contributed by atoms with Crippen molar-refractivity contribution in [1.29, 1.82) is 0 Å². The molecule has 3 heterocycles. The van der Waals surface area contributed by atoms with E-state index in [2.05, 4.69) is 9.97 Å². The van der Waals surface area contributed by atoms with E-state index in [1.807, 2.05) is 28.8 Å². The Morgan fingerprint density at radius 3 is 2.50 bits per heavy atom. The van der Waals surface area contributed by atoms with E-state index in [0.717, 1.165) is 31.2 Å². The number of nitrogens with zero attached hydrogens (tertiary/aromatic N) is 4. The highest BCUT2D eigenvalue weighted by Gasteiger charge is 2.24. The topological polar surface area (TPSA) is 77.3 Å². The van der Waals surface area contributed by atoms with Crippen LogP contribution >= 0.6 is 0 Å². The third kappa shape index (κ3) is 3.39. The first-order chi connectivity index (χ1) is 14.7. The molecule has 3 aromatic rings. The molecule has 0 bridgehead atoms. The predicted octanol–water partition coefficient (Wildman–Crippen LogP) is 3.05. The molecule has 1 aliphatic carbocycles. The van der Waals surface area contributed by atoms with Crippen LogP contribution in [0.3, 0.4) is 0 Å². The van der Waals surface area contributed by atoms with Crippen molar-refractivity contribution in [2.45, 2.75) is 31.7 Å². The zero-order valence-electron chi connectivity index (χ0n) is 16.8. The van der Waals surface area contributed by atoms with Crippen LogP contribution in [0, 0.1) is 0 Å². The highest BCUT2D eigenvalue weighted by atomic mass is 16.5. The Labute approximate surface area is 174 Å². The van der Waals surface area contributed by atoms with Gasteiger partial charge in [-0.2, -0.15) is 0 Å². The summed E-state index contributed by atoms with van der Waals surface area (Å²) in [6.45, 7) is 2.34. The summed E-state index contributed by atoms with van der Waals surface area (Å²) in [5.41, 5.74) is 2.99. The molecule has 1 aromatic carbocycles. The lowest BCUT2D eigenvalue weighted by Gasteiger charge is -2.26. The van der Waals surface area contributed by atoms with Gasteiger partial charge in [0.2, 0.25) is 0 Å². The summed E-state index contributed by atoms with van der Waals surface area (Å²) in [5, 5.41) is 0. The standard InChI is InChI=1S/C23H24N4O3/c28-22(26-12-14-30-15-13-26)17-9-7-16(8-10-17)20-23(29)27(18-4-1-2-5-18)21-19(25-20)6-3-11-24-21/h3,6-11,18H,1-2,4-5,12-15H2. The van der Waals surface area contributed by atoms with Gasteiger partial charge < -0.3 is 9.64 Å². The molecule has 154 valence electrons. The molecule has 2 aromatic heterocycles. The summed E-state index contributed by atoms with van der Waals surface area (Å²) in [6, 6.07) is 11.1. The van der Waals surface area contributed by atoms with Crippen LogP contribution < -0.4 is 5.56 Å². The number of fused-ring (bicyclic) bond motifs is 1. The molecule has 0 N–H and O–H groups in total. The molecule has 7 nitrogen and oxygen atoms in total. The normalized spacial score (nSPS) is 17.5. The van der Waals surface area contributed by atoms with Crippen LogP contribution in [0.2, 0.25) is 0 Å². The molecule has 5 rings (SSSR count). The molecule has 0 unspecified atom stereocenters. The van der Waals surface area contributed by atoms with Crippen LogP contribution in [0.15, 0.2) is 47.4 Å². The summed E-state index contributed by atoms with van der Waals surface area (Å²) in [7, 11) is 0. The molecule has 0 spiro atoms. The van der Waals surface area contributed by atoms with Gasteiger partial charge in [-0.05, 0) is 37.1 Å². The fourth-order valence-electron chi connectivity index (χ4n) is 4.45. The molecule has 1 saturated carbocycles. The first-order valence-corrected chi connectivity index (χ1v) is 10.6. The molecule has 0 radical (unpaired) electrons. The van der Waals surface area contributed by atoms with Crippen LogP contribution in [-0.2, 0) is 4.74 Å². The second kappa shape index (κ2) is 7.99. The number of rotatable bonds is 3. The Balaban J connectivity index is 1.54. The third-order valence-electron chi connectivity index (χ3n) is 6.04. The Hall–Kier alpha value is -3.06. The predicted molar refractivity (Wildman–Crippen MR) is 113 cm³/mol. The largest absolute Gasteiger partial charge is 0.378 e. The maximum absolute atomic E-state index is 13.4. The van der Waals surface area contributed by atoms with Crippen LogP contribution in [0.1, 0.15) is 42.1 Å². The Morgan fingerprint density at radius 2 is 1.77 bits per heavy atom. The highest BCUT2D eigenvalue weighted by Crippen LogP contribution is 2.31. The smallest absolute Gasteiger partial charge is 0.278 e. The van der Waals surface area contributed by atoms with Crippen molar-refractivity contribution >= 4 is 17.1 Å². The van der Waals surface area contributed by atoms with Crippen LogP contribution in [0.4, 0.5) is 0 Å². The summed E-state index contributed by atoms with van der Waals surface area (Å²) in [5.74, 6) is -0.0103. The molecule has 7 heteroatoms. The van der Waals surface area contributed by atoms with Gasteiger partial charge in [0, 0.05) is 36.5 Å². The Kier molecular flexibility index (Phi) is 5.04. The van der Waals surface area contributed by atoms with E-state index in [-0.39, 0.29) is 17.5 Å². The van der Waals surface area contributed by atoms with E-state index >= 15 is 0 Å². The SMILES string of the molecule is O=C(c1ccc(-c2nc3cccnc3n(C3CCCC3)c2=O)cc1)N1CCOCC1. The fourth-order valence-corrected chi connectivity index (χ4v) is 4.45. The summed E-state index contributed by atoms with van der Waals surface area (Å²) in [4.78, 5) is 37.0. The number of ether oxygens (including phenoxy) is 1. The molecular weight excluding hydrogens is 380 g/mol. The monoisotopic (exact) mass is 404 g/mol. The van der Waals surface area contributed by atoms with E-state index in [0.29, 0.717) is 48.7 Å². The van der Waals surface area contributed by atoms with Crippen molar-refractivity contribution in [3.05, 3.63) is 58.5 Å².